The molecule has 0 saturated heterocycles. The Morgan fingerprint density at radius 1 is 1.55 bits per heavy atom. The Morgan fingerprint density at radius 3 is 2.70 bits per heavy atom. The largest absolute Gasteiger partial charge is 0.411 e. The van der Waals surface area contributed by atoms with E-state index < -0.39 is 17.6 Å². The monoisotopic (exact) mass is 303 g/mol. The van der Waals surface area contributed by atoms with Gasteiger partial charge in [-0.2, -0.15) is 13.2 Å². The minimum absolute atomic E-state index is 0.0796. The summed E-state index contributed by atoms with van der Waals surface area (Å²) in [6, 6.07) is 1.51. The van der Waals surface area contributed by atoms with Gasteiger partial charge in [-0.15, -0.1) is 11.3 Å². The van der Waals surface area contributed by atoms with Gasteiger partial charge in [-0.05, 0) is 31.4 Å². The van der Waals surface area contributed by atoms with Crippen LogP contribution in [0.1, 0.15) is 33.0 Å². The fourth-order valence-corrected chi connectivity index (χ4v) is 2.66. The quantitative estimate of drug-likeness (QED) is 0.823. The van der Waals surface area contributed by atoms with Crippen LogP contribution in [0.3, 0.4) is 0 Å². The van der Waals surface area contributed by atoms with Crippen molar-refractivity contribution in [3.05, 3.63) is 21.4 Å². The molecule has 2 N–H and O–H groups in total. The molecule has 0 radical (unpaired) electrons. The first-order valence-corrected chi connectivity index (χ1v) is 6.70. The lowest BCUT2D eigenvalue weighted by atomic mass is 10.2. The molecule has 20 heavy (non-hydrogen) atoms. The third-order valence-corrected chi connectivity index (χ3v) is 4.22. The number of hydrogen-bond donors (Lipinski definition) is 2. The van der Waals surface area contributed by atoms with Gasteiger partial charge in [0, 0.05) is 0 Å². The number of nitrogens with one attached hydrogen (secondary N) is 1. The summed E-state index contributed by atoms with van der Waals surface area (Å²) in [6.07, 6.45) is -4.58. The van der Waals surface area contributed by atoms with Gasteiger partial charge in [0.2, 0.25) is 0 Å². The molecule has 108 valence electrons. The van der Waals surface area contributed by atoms with Gasteiger partial charge in [-0.3, -0.25) is 4.79 Å². The van der Waals surface area contributed by atoms with Crippen molar-refractivity contribution in [1.82, 2.24) is 5.32 Å². The van der Waals surface area contributed by atoms with Crippen LogP contribution in [-0.2, 0) is 0 Å². The van der Waals surface area contributed by atoms with E-state index in [9.17, 15) is 18.0 Å². The third-order valence-electron chi connectivity index (χ3n) is 3.07. The highest BCUT2D eigenvalue weighted by Gasteiger charge is 2.64. The summed E-state index contributed by atoms with van der Waals surface area (Å²) in [6.45, 7) is 1.40. The maximum Gasteiger partial charge on any atom is 0.411 e. The van der Waals surface area contributed by atoms with E-state index in [2.05, 4.69) is 17.2 Å². The van der Waals surface area contributed by atoms with Crippen LogP contribution >= 0.6 is 11.3 Å². The number of aliphatic hydroxyl groups excluding tert-OH is 1. The van der Waals surface area contributed by atoms with Crippen LogP contribution in [0, 0.1) is 18.8 Å². The highest BCUT2D eigenvalue weighted by atomic mass is 32.1. The van der Waals surface area contributed by atoms with E-state index in [0.717, 1.165) is 11.3 Å². The fraction of sp³-hybridized carbons (Fsp3) is 0.462. The Kier molecular flexibility index (Phi) is 3.80. The van der Waals surface area contributed by atoms with Gasteiger partial charge in [-0.1, -0.05) is 11.8 Å². The first-order chi connectivity index (χ1) is 9.29. The lowest BCUT2D eigenvalue weighted by molar-refractivity contribution is -0.163. The van der Waals surface area contributed by atoms with Crippen LogP contribution < -0.4 is 5.32 Å². The molecule has 1 amide bonds. The number of aryl methyl sites for hydroxylation is 1. The fourth-order valence-electron chi connectivity index (χ4n) is 1.72. The van der Waals surface area contributed by atoms with Crippen LogP contribution in [0.4, 0.5) is 13.2 Å². The number of alkyl halides is 3. The number of hydrogen-bond acceptors (Lipinski definition) is 3. The molecule has 1 aromatic rings. The van der Waals surface area contributed by atoms with Gasteiger partial charge in [0.15, 0.2) is 0 Å². The molecule has 1 heterocycles. The van der Waals surface area contributed by atoms with E-state index >= 15 is 0 Å². The van der Waals surface area contributed by atoms with E-state index in [1.54, 1.807) is 6.92 Å². The number of carbonyl (C=O) groups is 1. The van der Waals surface area contributed by atoms with Gasteiger partial charge in [0.05, 0.1) is 9.75 Å². The third kappa shape index (κ3) is 2.81. The molecule has 0 aliphatic heterocycles. The average molecular weight is 303 g/mol. The maximum absolute atomic E-state index is 12.8. The van der Waals surface area contributed by atoms with Gasteiger partial charge in [0.25, 0.3) is 5.91 Å². The van der Waals surface area contributed by atoms with Crippen LogP contribution in [0.5, 0.6) is 0 Å². The molecule has 3 nitrogen and oxygen atoms in total. The summed E-state index contributed by atoms with van der Waals surface area (Å²) in [4.78, 5) is 12.7. The van der Waals surface area contributed by atoms with Crippen LogP contribution in [0.15, 0.2) is 6.07 Å². The SMILES string of the molecule is Cc1cc(C(=O)NC2(C(F)(F)F)CC2)sc1C#CCO. The molecule has 1 saturated carbocycles. The van der Waals surface area contributed by atoms with Crippen molar-refractivity contribution >= 4 is 17.2 Å². The number of aliphatic hydroxyl groups is 1. The van der Waals surface area contributed by atoms with Crippen LogP contribution in [-0.4, -0.2) is 29.3 Å². The number of carbonyl (C=O) groups excluding carboxylic acids is 1. The molecule has 0 aromatic carbocycles. The molecule has 0 unspecified atom stereocenters. The van der Waals surface area contributed by atoms with E-state index in [1.807, 2.05) is 0 Å². The summed E-state index contributed by atoms with van der Waals surface area (Å²) in [5.74, 6) is 4.38. The Balaban J connectivity index is 2.15. The second-order valence-corrected chi connectivity index (χ2v) is 5.67. The summed E-state index contributed by atoms with van der Waals surface area (Å²) in [7, 11) is 0. The van der Waals surface area contributed by atoms with Crippen molar-refractivity contribution < 1.29 is 23.1 Å². The Hall–Kier alpha value is -1.52. The zero-order valence-corrected chi connectivity index (χ0v) is 11.4. The molecule has 1 aliphatic rings. The number of rotatable bonds is 2. The summed E-state index contributed by atoms with van der Waals surface area (Å²) in [5, 5.41) is 10.7. The predicted octanol–water partition coefficient (Wildman–Crippen LogP) is 2.23. The van der Waals surface area contributed by atoms with E-state index in [1.165, 1.54) is 6.07 Å². The van der Waals surface area contributed by atoms with Gasteiger partial charge in [0.1, 0.15) is 12.1 Å². The van der Waals surface area contributed by atoms with Crippen molar-refractivity contribution in [3.63, 3.8) is 0 Å². The average Bonchev–Trinajstić information content (AvgIpc) is 3.04. The molecule has 0 spiro atoms. The highest BCUT2D eigenvalue weighted by Crippen LogP contribution is 2.49. The smallest absolute Gasteiger partial charge is 0.384 e. The molecule has 7 heteroatoms. The van der Waals surface area contributed by atoms with Crippen molar-refractivity contribution in [2.75, 3.05) is 6.61 Å². The number of amides is 1. The molecule has 1 aliphatic carbocycles. The Morgan fingerprint density at radius 2 is 2.20 bits per heavy atom. The second kappa shape index (κ2) is 5.11. The first kappa shape index (κ1) is 14.9. The summed E-state index contributed by atoms with van der Waals surface area (Å²) >= 11 is 1.02. The molecule has 1 aromatic heterocycles. The zero-order chi connectivity index (χ0) is 15.0. The van der Waals surface area contributed by atoms with Gasteiger partial charge >= 0.3 is 6.18 Å². The second-order valence-electron chi connectivity index (χ2n) is 4.62. The topological polar surface area (TPSA) is 49.3 Å². The summed E-state index contributed by atoms with van der Waals surface area (Å²) in [5.41, 5.74) is -1.35. The maximum atomic E-state index is 12.8. The minimum atomic E-state index is -4.42. The standard InChI is InChI=1S/C13H12F3NO2S/c1-8-7-10(20-9(8)3-2-6-18)11(19)17-12(4-5-12)13(14,15)16/h7,18H,4-6H2,1H3,(H,17,19). The number of thiophene rings is 1. The number of halogens is 3. The Bertz CT molecular complexity index is 591. The van der Waals surface area contributed by atoms with Crippen LogP contribution in [0.2, 0.25) is 0 Å². The van der Waals surface area contributed by atoms with Gasteiger partial charge < -0.3 is 10.4 Å². The van der Waals surface area contributed by atoms with E-state index in [4.69, 9.17) is 5.11 Å². The zero-order valence-electron chi connectivity index (χ0n) is 10.6. The molecular formula is C13H12F3NO2S. The van der Waals surface area contributed by atoms with Crippen molar-refractivity contribution in [3.8, 4) is 11.8 Å². The predicted molar refractivity (Wildman–Crippen MR) is 68.5 cm³/mol. The van der Waals surface area contributed by atoms with E-state index in [-0.39, 0.29) is 24.3 Å². The normalized spacial score (nSPS) is 16.2. The van der Waals surface area contributed by atoms with E-state index in [0.29, 0.717) is 10.4 Å². The minimum Gasteiger partial charge on any atom is -0.384 e. The first-order valence-electron chi connectivity index (χ1n) is 5.88. The molecule has 0 bridgehead atoms. The molecular weight excluding hydrogens is 291 g/mol. The molecule has 0 atom stereocenters. The van der Waals surface area contributed by atoms with Crippen molar-refractivity contribution in [2.24, 2.45) is 0 Å². The van der Waals surface area contributed by atoms with Gasteiger partial charge in [-0.25, -0.2) is 0 Å². The highest BCUT2D eigenvalue weighted by molar-refractivity contribution is 7.14. The molecule has 1 fully saturated rings. The Labute approximate surface area is 117 Å². The van der Waals surface area contributed by atoms with Crippen molar-refractivity contribution in [2.45, 2.75) is 31.5 Å². The lowest BCUT2D eigenvalue weighted by Crippen LogP contribution is -2.47. The lowest BCUT2D eigenvalue weighted by Gasteiger charge is -2.20. The van der Waals surface area contributed by atoms with Crippen LogP contribution in [0.25, 0.3) is 0 Å². The van der Waals surface area contributed by atoms with Crippen molar-refractivity contribution in [1.29, 1.82) is 0 Å². The molecule has 2 rings (SSSR count). The summed E-state index contributed by atoms with van der Waals surface area (Å²) < 4.78 is 38.3.